The van der Waals surface area contributed by atoms with Crippen molar-refractivity contribution in [3.8, 4) is 22.1 Å². The number of methoxy groups -OCH3 is 1. The Bertz CT molecular complexity index is 1030. The molecule has 0 unspecified atom stereocenters. The van der Waals surface area contributed by atoms with Crippen LogP contribution < -0.4 is 4.74 Å². The normalized spacial score (nSPS) is 10.9. The van der Waals surface area contributed by atoms with Crippen LogP contribution in [0.4, 0.5) is 0 Å². The van der Waals surface area contributed by atoms with E-state index in [0.717, 1.165) is 32.9 Å². The molecule has 8 heteroatoms. The molecule has 0 aliphatic carbocycles. The van der Waals surface area contributed by atoms with Gasteiger partial charge in [0.1, 0.15) is 10.9 Å². The third kappa shape index (κ3) is 3.85. The molecule has 0 N–H and O–H groups in total. The Morgan fingerprint density at radius 3 is 2.74 bits per heavy atom. The van der Waals surface area contributed by atoms with E-state index in [4.69, 9.17) is 16.3 Å². The van der Waals surface area contributed by atoms with Crippen LogP contribution in [0.15, 0.2) is 65.3 Å². The van der Waals surface area contributed by atoms with Gasteiger partial charge < -0.3 is 4.74 Å². The maximum atomic E-state index is 5.87. The number of thiophene rings is 1. The van der Waals surface area contributed by atoms with Crippen LogP contribution in [0.5, 0.6) is 5.75 Å². The predicted molar refractivity (Wildman–Crippen MR) is 110 cm³/mol. The maximum absolute atomic E-state index is 5.87. The van der Waals surface area contributed by atoms with Crippen molar-refractivity contribution in [3.63, 3.8) is 0 Å². The molecule has 3 aromatic heterocycles. The Labute approximate surface area is 170 Å². The Hall–Kier alpha value is -2.35. The lowest BCUT2D eigenvalue weighted by Gasteiger charge is -2.13. The van der Waals surface area contributed by atoms with E-state index in [9.17, 15) is 0 Å². The van der Waals surface area contributed by atoms with Crippen LogP contribution in [-0.2, 0) is 5.75 Å². The molecule has 0 amide bonds. The zero-order valence-electron chi connectivity index (χ0n) is 14.4. The second-order valence-corrected chi connectivity index (χ2v) is 7.85. The molecule has 0 fully saturated rings. The average molecular weight is 415 g/mol. The minimum Gasteiger partial charge on any atom is -0.495 e. The number of nitrogens with zero attached hydrogens (tertiary/aromatic N) is 4. The first-order chi connectivity index (χ1) is 13.3. The van der Waals surface area contributed by atoms with E-state index < -0.39 is 0 Å². The summed E-state index contributed by atoms with van der Waals surface area (Å²) in [7, 11) is 1.67. The monoisotopic (exact) mass is 414 g/mol. The number of pyridine rings is 1. The number of para-hydroxylation sites is 2. The lowest BCUT2D eigenvalue weighted by Crippen LogP contribution is -2.01. The minimum absolute atomic E-state index is 0.487. The van der Waals surface area contributed by atoms with Crippen molar-refractivity contribution in [3.05, 3.63) is 70.8 Å². The number of thioether (sulfide) groups is 1. The molecular formula is C19H15ClN4OS2. The van der Waals surface area contributed by atoms with Crippen molar-refractivity contribution in [2.45, 2.75) is 10.9 Å². The largest absolute Gasteiger partial charge is 0.495 e. The minimum atomic E-state index is 0.487. The molecule has 0 saturated carbocycles. The predicted octanol–water partition coefficient (Wildman–Crippen LogP) is 5.35. The van der Waals surface area contributed by atoms with E-state index in [2.05, 4.69) is 15.2 Å². The SMILES string of the molecule is COc1ccccc1-n1c(SCc2ccc(Cl)nc2)nnc1-c1cccs1. The summed E-state index contributed by atoms with van der Waals surface area (Å²) in [6.45, 7) is 0. The van der Waals surface area contributed by atoms with Crippen molar-refractivity contribution in [2.24, 2.45) is 0 Å². The highest BCUT2D eigenvalue weighted by Crippen LogP contribution is 2.34. The van der Waals surface area contributed by atoms with E-state index in [1.807, 2.05) is 52.4 Å². The fourth-order valence-electron chi connectivity index (χ4n) is 2.60. The van der Waals surface area contributed by atoms with Gasteiger partial charge in [0.2, 0.25) is 0 Å². The molecule has 136 valence electrons. The first-order valence-corrected chi connectivity index (χ1v) is 10.4. The maximum Gasteiger partial charge on any atom is 0.196 e. The molecule has 4 rings (SSSR count). The average Bonchev–Trinajstić information content (AvgIpc) is 3.37. The summed E-state index contributed by atoms with van der Waals surface area (Å²) >= 11 is 9.09. The highest BCUT2D eigenvalue weighted by Gasteiger charge is 2.19. The topological polar surface area (TPSA) is 52.8 Å². The summed E-state index contributed by atoms with van der Waals surface area (Å²) in [5, 5.41) is 12.2. The molecule has 0 aliphatic heterocycles. The van der Waals surface area contributed by atoms with Gasteiger partial charge in [-0.3, -0.25) is 4.57 Å². The standard InChI is InChI=1S/C19H15ClN4OS2/c1-25-15-6-3-2-5-14(15)24-18(16-7-4-10-26-16)22-23-19(24)27-12-13-8-9-17(20)21-11-13/h2-11H,12H2,1H3. The Balaban J connectivity index is 1.74. The Morgan fingerprint density at radius 1 is 1.11 bits per heavy atom. The molecule has 0 atom stereocenters. The molecule has 27 heavy (non-hydrogen) atoms. The fourth-order valence-corrected chi connectivity index (χ4v) is 4.29. The van der Waals surface area contributed by atoms with Crippen LogP contribution in [-0.4, -0.2) is 26.9 Å². The highest BCUT2D eigenvalue weighted by atomic mass is 35.5. The second-order valence-electron chi connectivity index (χ2n) is 5.57. The van der Waals surface area contributed by atoms with Gasteiger partial charge in [-0.25, -0.2) is 4.98 Å². The molecular weight excluding hydrogens is 400 g/mol. The highest BCUT2D eigenvalue weighted by molar-refractivity contribution is 7.98. The summed E-state index contributed by atoms with van der Waals surface area (Å²) in [5.74, 6) is 2.28. The Kier molecular flexibility index (Phi) is 5.42. The summed E-state index contributed by atoms with van der Waals surface area (Å²) in [6, 6.07) is 15.7. The van der Waals surface area contributed by atoms with E-state index in [1.165, 1.54) is 0 Å². The molecule has 0 radical (unpaired) electrons. The van der Waals surface area contributed by atoms with Crippen molar-refractivity contribution < 1.29 is 4.74 Å². The Morgan fingerprint density at radius 2 is 2.00 bits per heavy atom. The van der Waals surface area contributed by atoms with Crippen LogP contribution in [0.2, 0.25) is 5.15 Å². The van der Waals surface area contributed by atoms with Crippen LogP contribution in [0.3, 0.4) is 0 Å². The summed E-state index contributed by atoms with van der Waals surface area (Å²) in [5.41, 5.74) is 1.97. The quantitative estimate of drug-likeness (QED) is 0.314. The van der Waals surface area contributed by atoms with Gasteiger partial charge in [0, 0.05) is 11.9 Å². The van der Waals surface area contributed by atoms with Gasteiger partial charge in [0.15, 0.2) is 11.0 Å². The molecule has 3 heterocycles. The van der Waals surface area contributed by atoms with E-state index in [1.54, 1.807) is 42.5 Å². The second kappa shape index (κ2) is 8.12. The van der Waals surface area contributed by atoms with Crippen LogP contribution >= 0.6 is 34.7 Å². The fraction of sp³-hybridized carbons (Fsp3) is 0.105. The molecule has 0 saturated heterocycles. The van der Waals surface area contributed by atoms with Gasteiger partial charge in [-0.2, -0.15) is 0 Å². The van der Waals surface area contributed by atoms with Gasteiger partial charge in [0.05, 0.1) is 17.7 Å². The van der Waals surface area contributed by atoms with Gasteiger partial charge >= 0.3 is 0 Å². The molecule has 0 bridgehead atoms. The van der Waals surface area contributed by atoms with Gasteiger partial charge in [0.25, 0.3) is 0 Å². The lowest BCUT2D eigenvalue weighted by molar-refractivity contribution is 0.412. The van der Waals surface area contributed by atoms with Crippen molar-refractivity contribution in [2.75, 3.05) is 7.11 Å². The first-order valence-electron chi connectivity index (χ1n) is 8.12. The van der Waals surface area contributed by atoms with Gasteiger partial charge in [-0.05, 0) is 35.2 Å². The zero-order chi connectivity index (χ0) is 18.6. The van der Waals surface area contributed by atoms with E-state index in [-0.39, 0.29) is 0 Å². The number of hydrogen-bond donors (Lipinski definition) is 0. The number of hydrogen-bond acceptors (Lipinski definition) is 6. The van der Waals surface area contributed by atoms with Crippen LogP contribution in [0, 0.1) is 0 Å². The number of halogens is 1. The molecule has 4 aromatic rings. The summed E-state index contributed by atoms with van der Waals surface area (Å²) in [6.07, 6.45) is 1.78. The van der Waals surface area contributed by atoms with Crippen molar-refractivity contribution in [1.82, 2.24) is 19.7 Å². The smallest absolute Gasteiger partial charge is 0.196 e. The number of rotatable bonds is 6. The molecule has 5 nitrogen and oxygen atoms in total. The van der Waals surface area contributed by atoms with Crippen LogP contribution in [0.1, 0.15) is 5.56 Å². The lowest BCUT2D eigenvalue weighted by atomic mass is 10.3. The molecule has 0 aliphatic rings. The number of aromatic nitrogens is 4. The molecule has 0 spiro atoms. The third-order valence-electron chi connectivity index (χ3n) is 3.86. The third-order valence-corrected chi connectivity index (χ3v) is 5.95. The summed E-state index contributed by atoms with van der Waals surface area (Å²) in [4.78, 5) is 5.19. The number of benzene rings is 1. The van der Waals surface area contributed by atoms with E-state index >= 15 is 0 Å². The number of ether oxygens (including phenoxy) is 1. The van der Waals surface area contributed by atoms with Crippen molar-refractivity contribution >= 4 is 34.7 Å². The first kappa shape index (κ1) is 18.0. The zero-order valence-corrected chi connectivity index (χ0v) is 16.8. The van der Waals surface area contributed by atoms with E-state index in [0.29, 0.717) is 10.9 Å². The van der Waals surface area contributed by atoms with Gasteiger partial charge in [-0.1, -0.05) is 47.6 Å². The molecule has 1 aromatic carbocycles. The summed E-state index contributed by atoms with van der Waals surface area (Å²) < 4.78 is 7.61. The van der Waals surface area contributed by atoms with Crippen molar-refractivity contribution in [1.29, 1.82) is 0 Å². The van der Waals surface area contributed by atoms with Crippen LogP contribution in [0.25, 0.3) is 16.4 Å². The van der Waals surface area contributed by atoms with Gasteiger partial charge in [-0.15, -0.1) is 21.5 Å².